The van der Waals surface area contributed by atoms with E-state index in [4.69, 9.17) is 28.5 Å². The van der Waals surface area contributed by atoms with Crippen LogP contribution in [0.4, 0.5) is 0 Å². The molecule has 68 valence electrons. The van der Waals surface area contributed by atoms with Crippen molar-refractivity contribution in [3.05, 3.63) is 40.0 Å². The highest BCUT2D eigenvalue weighted by molar-refractivity contribution is 6.36. The average molecular weight is 223 g/mol. The Kier molecular flexibility index (Phi) is 2.28. The summed E-state index contributed by atoms with van der Waals surface area (Å²) in [5.74, 6) is 0. The van der Waals surface area contributed by atoms with Crippen LogP contribution in [-0.4, -0.2) is 4.98 Å². The predicted molar refractivity (Wildman–Crippen MR) is 56.5 cm³/mol. The van der Waals surface area contributed by atoms with Crippen molar-refractivity contribution >= 4 is 34.1 Å². The molecule has 0 atom stereocenters. The molecule has 0 saturated heterocycles. The number of pyridine rings is 1. The van der Waals surface area contributed by atoms with Crippen LogP contribution in [0, 0.1) is 11.3 Å². The van der Waals surface area contributed by atoms with Gasteiger partial charge in [0.15, 0.2) is 0 Å². The predicted octanol–water partition coefficient (Wildman–Crippen LogP) is 3.41. The lowest BCUT2D eigenvalue weighted by Crippen LogP contribution is -1.85. The first-order chi connectivity index (χ1) is 6.72. The molecule has 0 bridgehead atoms. The van der Waals surface area contributed by atoms with Gasteiger partial charge in [-0.3, -0.25) is 0 Å². The zero-order chi connectivity index (χ0) is 10.1. The summed E-state index contributed by atoms with van der Waals surface area (Å²) in [5.41, 5.74) is 0.986. The van der Waals surface area contributed by atoms with Crippen LogP contribution in [0.2, 0.25) is 10.2 Å². The van der Waals surface area contributed by atoms with Crippen molar-refractivity contribution < 1.29 is 0 Å². The number of benzene rings is 1. The van der Waals surface area contributed by atoms with Gasteiger partial charge >= 0.3 is 0 Å². The van der Waals surface area contributed by atoms with Crippen LogP contribution in [0.5, 0.6) is 0 Å². The van der Waals surface area contributed by atoms with Crippen molar-refractivity contribution in [3.63, 3.8) is 0 Å². The molecular formula is C10H4Cl2N2. The minimum absolute atomic E-state index is 0.188. The van der Waals surface area contributed by atoms with Crippen LogP contribution in [0.15, 0.2) is 24.3 Å². The van der Waals surface area contributed by atoms with E-state index in [9.17, 15) is 0 Å². The number of para-hydroxylation sites is 1. The fourth-order valence-corrected chi connectivity index (χ4v) is 1.62. The Morgan fingerprint density at radius 2 is 2.07 bits per heavy atom. The summed E-state index contributed by atoms with van der Waals surface area (Å²) < 4.78 is 0. The van der Waals surface area contributed by atoms with Gasteiger partial charge in [-0.15, -0.1) is 0 Å². The summed E-state index contributed by atoms with van der Waals surface area (Å²) in [5, 5.41) is 10.3. The topological polar surface area (TPSA) is 36.7 Å². The lowest BCUT2D eigenvalue weighted by atomic mass is 10.2. The van der Waals surface area contributed by atoms with E-state index in [1.165, 1.54) is 0 Å². The van der Waals surface area contributed by atoms with E-state index < -0.39 is 0 Å². The first-order valence-electron chi connectivity index (χ1n) is 3.87. The van der Waals surface area contributed by atoms with Gasteiger partial charge in [-0.2, -0.15) is 5.26 Å². The zero-order valence-electron chi connectivity index (χ0n) is 6.96. The number of nitriles is 1. The molecule has 4 heteroatoms. The van der Waals surface area contributed by atoms with E-state index in [1.54, 1.807) is 18.2 Å². The highest BCUT2D eigenvalue weighted by Crippen LogP contribution is 2.25. The molecule has 0 aliphatic rings. The average Bonchev–Trinajstić information content (AvgIpc) is 2.19. The third-order valence-corrected chi connectivity index (χ3v) is 2.46. The quantitative estimate of drug-likeness (QED) is 0.641. The van der Waals surface area contributed by atoms with Gasteiger partial charge in [0.05, 0.1) is 16.1 Å². The Morgan fingerprint density at radius 3 is 2.79 bits per heavy atom. The van der Waals surface area contributed by atoms with E-state index >= 15 is 0 Å². The molecule has 0 unspecified atom stereocenters. The monoisotopic (exact) mass is 222 g/mol. The smallest absolute Gasteiger partial charge is 0.147 e. The molecule has 2 nitrogen and oxygen atoms in total. The second-order valence-electron chi connectivity index (χ2n) is 2.75. The molecule has 1 aromatic carbocycles. The molecule has 2 aromatic rings. The molecule has 0 fully saturated rings. The molecule has 0 spiro atoms. The fraction of sp³-hybridized carbons (Fsp3) is 0. The lowest BCUT2D eigenvalue weighted by molar-refractivity contribution is 1.37. The van der Waals surface area contributed by atoms with Crippen molar-refractivity contribution in [3.8, 4) is 6.07 Å². The van der Waals surface area contributed by atoms with Crippen molar-refractivity contribution in [2.45, 2.75) is 0 Å². The minimum atomic E-state index is 0.188. The lowest BCUT2D eigenvalue weighted by Gasteiger charge is -2.00. The first kappa shape index (κ1) is 9.26. The van der Waals surface area contributed by atoms with Gasteiger partial charge in [0.2, 0.25) is 0 Å². The summed E-state index contributed by atoms with van der Waals surface area (Å²) >= 11 is 11.7. The molecule has 2 rings (SSSR count). The second kappa shape index (κ2) is 3.45. The molecule has 1 heterocycles. The van der Waals surface area contributed by atoms with E-state index in [0.717, 1.165) is 5.39 Å². The van der Waals surface area contributed by atoms with Crippen LogP contribution in [0.25, 0.3) is 10.9 Å². The van der Waals surface area contributed by atoms with Gasteiger partial charge in [0, 0.05) is 5.39 Å². The molecule has 1 aromatic heterocycles. The van der Waals surface area contributed by atoms with Gasteiger partial charge in [-0.05, 0) is 12.1 Å². The Hall–Kier alpha value is -1.30. The molecule has 0 radical (unpaired) electrons. The molecular weight excluding hydrogens is 219 g/mol. The van der Waals surface area contributed by atoms with Crippen LogP contribution < -0.4 is 0 Å². The number of fused-ring (bicyclic) bond motifs is 1. The number of nitrogens with zero attached hydrogens (tertiary/aromatic N) is 2. The Morgan fingerprint density at radius 1 is 1.29 bits per heavy atom. The Bertz CT molecular complexity index is 544. The number of halogens is 2. The van der Waals surface area contributed by atoms with Crippen molar-refractivity contribution in [1.29, 1.82) is 5.26 Å². The van der Waals surface area contributed by atoms with Crippen molar-refractivity contribution in [1.82, 2.24) is 4.98 Å². The fourth-order valence-electron chi connectivity index (χ4n) is 1.22. The van der Waals surface area contributed by atoms with Gasteiger partial charge in [-0.25, -0.2) is 4.98 Å². The van der Waals surface area contributed by atoms with E-state index in [-0.39, 0.29) is 5.15 Å². The van der Waals surface area contributed by atoms with Gasteiger partial charge < -0.3 is 0 Å². The number of aromatic nitrogens is 1. The summed E-state index contributed by atoms with van der Waals surface area (Å²) in [6.45, 7) is 0. The summed E-state index contributed by atoms with van der Waals surface area (Å²) in [6, 6.07) is 9.03. The highest BCUT2D eigenvalue weighted by Gasteiger charge is 2.05. The largest absolute Gasteiger partial charge is 0.233 e. The molecule has 0 amide bonds. The standard InChI is InChI=1S/C10H4Cl2N2/c11-8-3-1-2-6-4-7(5-13)10(12)14-9(6)8/h1-4H. The third kappa shape index (κ3) is 1.41. The van der Waals surface area contributed by atoms with Crippen LogP contribution in [0.1, 0.15) is 5.56 Å². The number of hydrogen-bond acceptors (Lipinski definition) is 2. The van der Waals surface area contributed by atoms with Crippen LogP contribution >= 0.6 is 23.2 Å². The van der Waals surface area contributed by atoms with Crippen LogP contribution in [-0.2, 0) is 0 Å². The number of rotatable bonds is 0. The zero-order valence-corrected chi connectivity index (χ0v) is 8.47. The second-order valence-corrected chi connectivity index (χ2v) is 3.52. The molecule has 14 heavy (non-hydrogen) atoms. The molecule has 0 N–H and O–H groups in total. The highest BCUT2D eigenvalue weighted by atomic mass is 35.5. The SMILES string of the molecule is N#Cc1cc2cccc(Cl)c2nc1Cl. The normalized spacial score (nSPS) is 10.1. The van der Waals surface area contributed by atoms with E-state index in [1.807, 2.05) is 12.1 Å². The van der Waals surface area contributed by atoms with Crippen molar-refractivity contribution in [2.24, 2.45) is 0 Å². The molecule has 0 aliphatic carbocycles. The Labute approximate surface area is 90.7 Å². The summed E-state index contributed by atoms with van der Waals surface area (Å²) in [7, 11) is 0. The van der Waals surface area contributed by atoms with Gasteiger partial charge in [0.25, 0.3) is 0 Å². The first-order valence-corrected chi connectivity index (χ1v) is 4.63. The number of hydrogen-bond donors (Lipinski definition) is 0. The summed E-state index contributed by atoms with van der Waals surface area (Å²) in [4.78, 5) is 4.06. The maximum Gasteiger partial charge on any atom is 0.147 e. The maximum atomic E-state index is 8.74. The van der Waals surface area contributed by atoms with Gasteiger partial charge in [-0.1, -0.05) is 35.3 Å². The third-order valence-electron chi connectivity index (χ3n) is 1.87. The van der Waals surface area contributed by atoms with E-state index in [2.05, 4.69) is 4.98 Å². The minimum Gasteiger partial charge on any atom is -0.233 e. The van der Waals surface area contributed by atoms with E-state index in [0.29, 0.717) is 16.1 Å². The van der Waals surface area contributed by atoms with Crippen LogP contribution in [0.3, 0.4) is 0 Å². The maximum absolute atomic E-state index is 8.74. The van der Waals surface area contributed by atoms with Gasteiger partial charge in [0.1, 0.15) is 11.2 Å². The molecule has 0 saturated carbocycles. The van der Waals surface area contributed by atoms with Crippen molar-refractivity contribution in [2.75, 3.05) is 0 Å². The summed E-state index contributed by atoms with van der Waals surface area (Å²) in [6.07, 6.45) is 0. The molecule has 0 aliphatic heterocycles. The Balaban J connectivity index is 2.88.